The molecule has 0 bridgehead atoms. The van der Waals surface area contributed by atoms with Gasteiger partial charge in [-0.05, 0) is 44.0 Å². The lowest BCUT2D eigenvalue weighted by Crippen LogP contribution is -2.22. The van der Waals surface area contributed by atoms with Gasteiger partial charge in [-0.3, -0.25) is 10.1 Å². The number of anilines is 2. The minimum absolute atomic E-state index is 0.0871. The van der Waals surface area contributed by atoms with Crippen molar-refractivity contribution in [3.63, 3.8) is 0 Å². The lowest BCUT2D eigenvalue weighted by atomic mass is 10.1. The predicted molar refractivity (Wildman–Crippen MR) is 116 cm³/mol. The number of urea groups is 1. The Morgan fingerprint density at radius 3 is 2.81 bits per heavy atom. The highest BCUT2D eigenvalue weighted by molar-refractivity contribution is 6.30. The largest absolute Gasteiger partial charge is 0.351 e. The number of hydrogen-bond donors (Lipinski definition) is 4. The first-order valence-corrected chi connectivity index (χ1v) is 10.3. The normalized spacial score (nSPS) is 18.0. The van der Waals surface area contributed by atoms with Crippen molar-refractivity contribution in [1.82, 2.24) is 30.2 Å². The molecule has 4 N–H and O–H groups in total. The molecule has 0 unspecified atom stereocenters. The van der Waals surface area contributed by atoms with Gasteiger partial charge in [-0.2, -0.15) is 19.6 Å². The van der Waals surface area contributed by atoms with Crippen LogP contribution in [-0.4, -0.2) is 37.6 Å². The third kappa shape index (κ3) is 3.94. The number of hydrogen-bond acceptors (Lipinski definition) is 7. The number of aromatic nitrogens is 4. The molecule has 12 heteroatoms. The van der Waals surface area contributed by atoms with Gasteiger partial charge >= 0.3 is 6.03 Å². The molecule has 5 rings (SSSR count). The molecule has 1 saturated heterocycles. The third-order valence-electron chi connectivity index (χ3n) is 5.10. The van der Waals surface area contributed by atoms with Gasteiger partial charge in [0.1, 0.15) is 11.5 Å². The van der Waals surface area contributed by atoms with Crippen molar-refractivity contribution >= 4 is 47.2 Å². The summed E-state index contributed by atoms with van der Waals surface area (Å²) in [5.74, 6) is -0.233. The van der Waals surface area contributed by atoms with Crippen LogP contribution < -0.4 is 21.3 Å². The minimum atomic E-state index is -0.594. The average molecular weight is 457 g/mol. The molecule has 164 valence electrons. The van der Waals surface area contributed by atoms with Gasteiger partial charge in [-0.1, -0.05) is 11.6 Å². The summed E-state index contributed by atoms with van der Waals surface area (Å²) in [7, 11) is 0. The Morgan fingerprint density at radius 2 is 2.09 bits per heavy atom. The molecule has 1 aliphatic heterocycles. The van der Waals surface area contributed by atoms with Gasteiger partial charge in [-0.15, -0.1) is 0 Å². The first kappa shape index (κ1) is 20.2. The quantitative estimate of drug-likeness (QED) is 0.332. The highest BCUT2D eigenvalue weighted by Gasteiger charge is 2.26. The topological polar surface area (TPSA) is 125 Å². The van der Waals surface area contributed by atoms with Crippen LogP contribution in [0.3, 0.4) is 0 Å². The molecule has 3 aromatic rings. The number of nitrogens with one attached hydrogen (secondary N) is 4. The number of benzene rings is 1. The van der Waals surface area contributed by atoms with Crippen molar-refractivity contribution in [3.8, 4) is 0 Å². The van der Waals surface area contributed by atoms with Crippen molar-refractivity contribution in [2.75, 3.05) is 10.6 Å². The highest BCUT2D eigenvalue weighted by atomic mass is 35.5. The second-order valence-corrected chi connectivity index (χ2v) is 8.06. The fourth-order valence-electron chi connectivity index (χ4n) is 3.32. The Kier molecular flexibility index (Phi) is 4.89. The number of nitrogens with zero attached hydrogens (tertiary/aromatic N) is 4. The van der Waals surface area contributed by atoms with Crippen molar-refractivity contribution in [1.29, 1.82) is 0 Å². The van der Waals surface area contributed by atoms with Crippen molar-refractivity contribution in [2.24, 2.45) is 0 Å². The standard InChI is InChI=1S/C20H18ClFN8O2/c1-9(13-7-11(21)2-5-14(13)22)24-18-27-16-10(6-15-17(31)28-20(32)26-15)8-23-30(16)19(29-18)25-12-3-4-12/h2,5-9,12H,3-4H2,1H3,(H2,24,25,27,29)(H2,26,28,31,32)/b15-6-/t9-/m0/s1. The van der Waals surface area contributed by atoms with E-state index in [9.17, 15) is 14.0 Å². The Bertz CT molecular complexity index is 1290. The minimum Gasteiger partial charge on any atom is -0.351 e. The zero-order valence-electron chi connectivity index (χ0n) is 16.8. The van der Waals surface area contributed by atoms with Gasteiger partial charge in [0.05, 0.1) is 12.2 Å². The molecular formula is C20H18ClFN8O2. The van der Waals surface area contributed by atoms with Crippen molar-refractivity contribution < 1.29 is 14.0 Å². The van der Waals surface area contributed by atoms with Gasteiger partial charge in [0, 0.05) is 22.2 Å². The Balaban J connectivity index is 1.53. The van der Waals surface area contributed by atoms with E-state index in [1.807, 2.05) is 0 Å². The second-order valence-electron chi connectivity index (χ2n) is 7.62. The summed E-state index contributed by atoms with van der Waals surface area (Å²) in [5, 5.41) is 15.7. The smallest absolute Gasteiger partial charge is 0.326 e. The summed E-state index contributed by atoms with van der Waals surface area (Å²) in [4.78, 5) is 32.3. The van der Waals surface area contributed by atoms with E-state index >= 15 is 0 Å². The van der Waals surface area contributed by atoms with E-state index in [2.05, 4.69) is 36.3 Å². The van der Waals surface area contributed by atoms with Crippen LogP contribution in [0.5, 0.6) is 0 Å². The maximum atomic E-state index is 14.3. The summed E-state index contributed by atoms with van der Waals surface area (Å²) < 4.78 is 15.8. The van der Waals surface area contributed by atoms with E-state index in [-0.39, 0.29) is 17.7 Å². The Hall–Kier alpha value is -3.73. The molecule has 1 saturated carbocycles. The van der Waals surface area contributed by atoms with Crippen molar-refractivity contribution in [3.05, 3.63) is 52.1 Å². The van der Waals surface area contributed by atoms with Crippen LogP contribution >= 0.6 is 11.6 Å². The van der Waals surface area contributed by atoms with Crippen LogP contribution in [0.1, 0.15) is 36.9 Å². The highest BCUT2D eigenvalue weighted by Crippen LogP contribution is 2.28. The Labute approximate surface area is 186 Å². The SMILES string of the molecule is C[C@H](Nc1nc(NC2CC2)n2ncc(/C=C3\NC(=O)NC3=O)c2n1)c1cc(Cl)ccc1F. The first-order chi connectivity index (χ1) is 15.4. The third-order valence-corrected chi connectivity index (χ3v) is 5.33. The fraction of sp³-hybridized carbons (Fsp3) is 0.250. The van der Waals surface area contributed by atoms with E-state index in [0.29, 0.717) is 27.7 Å². The lowest BCUT2D eigenvalue weighted by Gasteiger charge is -2.16. The number of fused-ring (bicyclic) bond motifs is 1. The molecule has 10 nitrogen and oxygen atoms in total. The molecule has 3 amide bonds. The summed E-state index contributed by atoms with van der Waals surface area (Å²) >= 11 is 6.02. The second kappa shape index (κ2) is 7.75. The van der Waals surface area contributed by atoms with Gasteiger partial charge in [-0.25, -0.2) is 9.18 Å². The number of halogens is 2. The van der Waals surface area contributed by atoms with Gasteiger partial charge in [0.2, 0.25) is 11.9 Å². The van der Waals surface area contributed by atoms with E-state index in [4.69, 9.17) is 11.6 Å². The zero-order chi connectivity index (χ0) is 22.4. The molecule has 2 aromatic heterocycles. The first-order valence-electron chi connectivity index (χ1n) is 9.95. The number of imide groups is 1. The maximum absolute atomic E-state index is 14.3. The van der Waals surface area contributed by atoms with Crippen LogP contribution in [0, 0.1) is 5.82 Å². The summed E-state index contributed by atoms with van der Waals surface area (Å²) in [6.45, 7) is 1.77. The molecule has 0 spiro atoms. The molecule has 0 radical (unpaired) electrons. The fourth-order valence-corrected chi connectivity index (χ4v) is 3.50. The summed E-state index contributed by atoms with van der Waals surface area (Å²) in [6.07, 6.45) is 5.04. The number of carbonyl (C=O) groups excluding carboxylic acids is 2. The predicted octanol–water partition coefficient (Wildman–Crippen LogP) is 2.84. The van der Waals surface area contributed by atoms with Crippen LogP contribution in [0.2, 0.25) is 5.02 Å². The van der Waals surface area contributed by atoms with Crippen LogP contribution in [0.4, 0.5) is 21.1 Å². The van der Waals surface area contributed by atoms with E-state index < -0.39 is 23.8 Å². The molecule has 3 heterocycles. The van der Waals surface area contributed by atoms with Crippen molar-refractivity contribution in [2.45, 2.75) is 31.8 Å². The molecule has 2 aliphatic rings. The van der Waals surface area contributed by atoms with E-state index in [1.165, 1.54) is 28.9 Å². The van der Waals surface area contributed by atoms with Crippen LogP contribution in [-0.2, 0) is 4.79 Å². The molecule has 1 aliphatic carbocycles. The molecule has 2 fully saturated rings. The zero-order valence-corrected chi connectivity index (χ0v) is 17.6. The Morgan fingerprint density at radius 1 is 1.28 bits per heavy atom. The summed E-state index contributed by atoms with van der Waals surface area (Å²) in [6, 6.07) is 3.55. The van der Waals surface area contributed by atoms with Gasteiger partial charge in [0.15, 0.2) is 5.65 Å². The number of carbonyl (C=O) groups is 2. The monoisotopic (exact) mass is 456 g/mol. The van der Waals surface area contributed by atoms with Crippen LogP contribution in [0.15, 0.2) is 30.1 Å². The molecule has 1 atom stereocenters. The molecular weight excluding hydrogens is 439 g/mol. The van der Waals surface area contributed by atoms with E-state index in [0.717, 1.165) is 12.8 Å². The number of amides is 3. The molecule has 32 heavy (non-hydrogen) atoms. The maximum Gasteiger partial charge on any atom is 0.326 e. The average Bonchev–Trinajstić information content (AvgIpc) is 3.38. The van der Waals surface area contributed by atoms with E-state index in [1.54, 1.807) is 13.0 Å². The van der Waals surface area contributed by atoms with Gasteiger partial charge < -0.3 is 16.0 Å². The lowest BCUT2D eigenvalue weighted by molar-refractivity contribution is -0.115. The molecule has 1 aromatic carbocycles. The van der Waals surface area contributed by atoms with Crippen LogP contribution in [0.25, 0.3) is 11.7 Å². The number of rotatable bonds is 6. The van der Waals surface area contributed by atoms with Gasteiger partial charge in [0.25, 0.3) is 5.91 Å². The summed E-state index contributed by atoms with van der Waals surface area (Å²) in [5.41, 5.74) is 1.37.